The molecule has 0 atom stereocenters. The van der Waals surface area contributed by atoms with E-state index in [4.69, 9.17) is 24.7 Å². The van der Waals surface area contributed by atoms with Crippen LogP contribution in [0.25, 0.3) is 0 Å². The molecule has 2 rings (SSSR count). The molecule has 0 fully saturated rings. The summed E-state index contributed by atoms with van der Waals surface area (Å²) in [6.45, 7) is 7.82. The van der Waals surface area contributed by atoms with Crippen molar-refractivity contribution >= 4 is 17.8 Å². The maximum absolute atomic E-state index is 5.51. The van der Waals surface area contributed by atoms with Crippen molar-refractivity contribution in [2.45, 2.75) is 6.54 Å². The summed E-state index contributed by atoms with van der Waals surface area (Å²) >= 11 is 0. The van der Waals surface area contributed by atoms with Gasteiger partial charge in [-0.1, -0.05) is 12.1 Å². The highest BCUT2D eigenvalue weighted by Crippen LogP contribution is 2.27. The minimum atomic E-state index is 0.431. The first kappa shape index (κ1) is 25.1. The molecule has 0 bridgehead atoms. The minimum absolute atomic E-state index is 0.431. The summed E-state index contributed by atoms with van der Waals surface area (Å²) in [7, 11) is 3.21. The first-order chi connectivity index (χ1) is 15.7. The van der Waals surface area contributed by atoms with E-state index in [0.717, 1.165) is 5.56 Å². The van der Waals surface area contributed by atoms with Crippen LogP contribution in [0.5, 0.6) is 11.5 Å². The Morgan fingerprint density at radius 2 is 1.53 bits per heavy atom. The van der Waals surface area contributed by atoms with Gasteiger partial charge < -0.3 is 40.6 Å². The highest BCUT2D eigenvalue weighted by molar-refractivity contribution is 5.45. The van der Waals surface area contributed by atoms with Gasteiger partial charge >= 0.3 is 0 Å². The summed E-state index contributed by atoms with van der Waals surface area (Å²) in [5.41, 5.74) is 6.36. The molecular formula is C21H33N7O4. The van der Waals surface area contributed by atoms with Crippen LogP contribution in [0.15, 0.2) is 30.9 Å². The molecule has 5 N–H and O–H groups in total. The van der Waals surface area contributed by atoms with Gasteiger partial charge in [0.25, 0.3) is 0 Å². The molecule has 2 aromatic rings. The number of hydrogen-bond donors (Lipinski definition) is 4. The van der Waals surface area contributed by atoms with Crippen LogP contribution >= 0.6 is 0 Å². The third-order valence-electron chi connectivity index (χ3n) is 4.10. The van der Waals surface area contributed by atoms with E-state index in [1.165, 1.54) is 0 Å². The molecule has 0 saturated heterocycles. The maximum atomic E-state index is 5.51. The van der Waals surface area contributed by atoms with E-state index < -0.39 is 0 Å². The van der Waals surface area contributed by atoms with Gasteiger partial charge in [-0.25, -0.2) is 0 Å². The van der Waals surface area contributed by atoms with E-state index in [-0.39, 0.29) is 0 Å². The highest BCUT2D eigenvalue weighted by Gasteiger charge is 2.08. The molecule has 1 aromatic carbocycles. The monoisotopic (exact) mass is 447 g/mol. The fraction of sp³-hybridized carbons (Fsp3) is 0.476. The largest absolute Gasteiger partial charge is 0.493 e. The lowest BCUT2D eigenvalue weighted by Gasteiger charge is -2.12. The predicted octanol–water partition coefficient (Wildman–Crippen LogP) is 1.50. The Hall–Kier alpha value is -3.15. The lowest BCUT2D eigenvalue weighted by Crippen LogP contribution is -2.17. The Labute approximate surface area is 188 Å². The topological polar surface area (TPSA) is 138 Å². The van der Waals surface area contributed by atoms with Gasteiger partial charge in [0.15, 0.2) is 11.5 Å². The van der Waals surface area contributed by atoms with E-state index in [1.807, 2.05) is 18.2 Å². The number of nitrogens with two attached hydrogens (primary N) is 1. The number of nitrogens with zero attached hydrogens (tertiary/aromatic N) is 3. The van der Waals surface area contributed by atoms with Crippen molar-refractivity contribution in [3.05, 3.63) is 36.4 Å². The molecule has 0 aliphatic rings. The van der Waals surface area contributed by atoms with Crippen LogP contribution in [0.4, 0.5) is 17.8 Å². The highest BCUT2D eigenvalue weighted by atomic mass is 16.5. The number of aromatic nitrogens is 3. The Balaban J connectivity index is 1.93. The number of nitrogens with one attached hydrogen (secondary N) is 3. The van der Waals surface area contributed by atoms with Crippen LogP contribution < -0.4 is 31.2 Å². The van der Waals surface area contributed by atoms with Gasteiger partial charge in [0.1, 0.15) is 0 Å². The Kier molecular flexibility index (Phi) is 11.6. The van der Waals surface area contributed by atoms with E-state index in [2.05, 4.69) is 37.5 Å². The van der Waals surface area contributed by atoms with Gasteiger partial charge in [-0.05, 0) is 17.7 Å². The fourth-order valence-electron chi connectivity index (χ4n) is 2.59. The molecule has 11 heteroatoms. The number of ether oxygens (including phenoxy) is 4. The molecule has 11 nitrogen and oxygen atoms in total. The Morgan fingerprint density at radius 1 is 0.875 bits per heavy atom. The molecule has 0 amide bonds. The molecule has 0 aliphatic carbocycles. The summed E-state index contributed by atoms with van der Waals surface area (Å²) in [5, 5.41) is 9.44. The zero-order valence-corrected chi connectivity index (χ0v) is 18.7. The molecule has 0 spiro atoms. The second-order valence-corrected chi connectivity index (χ2v) is 6.46. The smallest absolute Gasteiger partial charge is 0.229 e. The molecule has 176 valence electrons. The average molecular weight is 448 g/mol. The zero-order chi connectivity index (χ0) is 23.0. The molecule has 0 aliphatic heterocycles. The van der Waals surface area contributed by atoms with Crippen molar-refractivity contribution in [3.8, 4) is 11.5 Å². The lowest BCUT2D eigenvalue weighted by atomic mass is 10.2. The number of anilines is 3. The van der Waals surface area contributed by atoms with Crippen LogP contribution in [0.1, 0.15) is 5.56 Å². The van der Waals surface area contributed by atoms with Crippen LogP contribution in [0, 0.1) is 0 Å². The van der Waals surface area contributed by atoms with Gasteiger partial charge in [-0.3, -0.25) is 0 Å². The van der Waals surface area contributed by atoms with Crippen molar-refractivity contribution in [2.24, 2.45) is 5.73 Å². The summed E-state index contributed by atoms with van der Waals surface area (Å²) < 4.78 is 21.4. The quantitative estimate of drug-likeness (QED) is 0.207. The van der Waals surface area contributed by atoms with Crippen molar-refractivity contribution in [3.63, 3.8) is 0 Å². The Morgan fingerprint density at radius 3 is 2.19 bits per heavy atom. The number of rotatable bonds is 17. The number of hydrogen-bond acceptors (Lipinski definition) is 11. The first-order valence-corrected chi connectivity index (χ1v) is 10.3. The minimum Gasteiger partial charge on any atom is -0.493 e. The van der Waals surface area contributed by atoms with Crippen LogP contribution in [-0.4, -0.2) is 75.2 Å². The third-order valence-corrected chi connectivity index (χ3v) is 4.10. The zero-order valence-electron chi connectivity index (χ0n) is 18.7. The predicted molar refractivity (Wildman–Crippen MR) is 125 cm³/mol. The van der Waals surface area contributed by atoms with Crippen LogP contribution in [0.3, 0.4) is 0 Å². The fourth-order valence-corrected chi connectivity index (χ4v) is 2.59. The van der Waals surface area contributed by atoms with Crippen molar-refractivity contribution < 1.29 is 18.9 Å². The molecular weight excluding hydrogens is 414 g/mol. The van der Waals surface area contributed by atoms with Crippen LogP contribution in [-0.2, 0) is 16.0 Å². The average Bonchev–Trinajstić information content (AvgIpc) is 2.82. The van der Waals surface area contributed by atoms with Crippen molar-refractivity contribution in [1.29, 1.82) is 0 Å². The van der Waals surface area contributed by atoms with E-state index in [9.17, 15) is 0 Å². The first-order valence-electron chi connectivity index (χ1n) is 10.3. The third kappa shape index (κ3) is 8.92. The van der Waals surface area contributed by atoms with Gasteiger partial charge in [-0.2, -0.15) is 15.0 Å². The molecule has 0 unspecified atom stereocenters. The van der Waals surface area contributed by atoms with Crippen molar-refractivity contribution in [2.75, 3.05) is 76.2 Å². The van der Waals surface area contributed by atoms with E-state index >= 15 is 0 Å². The SMILES string of the molecule is C=CCNc1nc(NCCOCCOCCN)nc(NCc2ccc(OC)c(OC)c2)n1. The Bertz CT molecular complexity index is 823. The van der Waals surface area contributed by atoms with E-state index in [1.54, 1.807) is 20.3 Å². The summed E-state index contributed by atoms with van der Waals surface area (Å²) in [6.07, 6.45) is 1.73. The van der Waals surface area contributed by atoms with Gasteiger partial charge in [0.2, 0.25) is 17.8 Å². The molecule has 0 radical (unpaired) electrons. The summed E-state index contributed by atoms with van der Waals surface area (Å²) in [5.74, 6) is 2.64. The maximum Gasteiger partial charge on any atom is 0.229 e. The standard InChI is InChI=1S/C21H33N7O4/c1-4-8-23-19-26-20(24-9-11-32-13-12-31-10-7-22)28-21(27-19)25-15-16-5-6-17(29-2)18(14-16)30-3/h4-6,14H,1,7-13,15,22H2,2-3H3,(H3,23,24,25,26,27,28). The second kappa shape index (κ2) is 14.8. The molecule has 1 aromatic heterocycles. The number of methoxy groups -OCH3 is 2. The molecule has 32 heavy (non-hydrogen) atoms. The summed E-state index contributed by atoms with van der Waals surface area (Å²) in [6, 6.07) is 5.70. The van der Waals surface area contributed by atoms with Gasteiger partial charge in [-0.15, -0.1) is 6.58 Å². The second-order valence-electron chi connectivity index (χ2n) is 6.46. The number of benzene rings is 1. The molecule has 1 heterocycles. The normalized spacial score (nSPS) is 10.5. The van der Waals surface area contributed by atoms with Gasteiger partial charge in [0, 0.05) is 26.2 Å². The lowest BCUT2D eigenvalue weighted by molar-refractivity contribution is 0.0547. The van der Waals surface area contributed by atoms with Gasteiger partial charge in [0.05, 0.1) is 40.6 Å². The summed E-state index contributed by atoms with van der Waals surface area (Å²) in [4.78, 5) is 13.2. The molecule has 0 saturated carbocycles. The van der Waals surface area contributed by atoms with Crippen LogP contribution in [0.2, 0.25) is 0 Å². The van der Waals surface area contributed by atoms with Crippen molar-refractivity contribution in [1.82, 2.24) is 15.0 Å². The van der Waals surface area contributed by atoms with E-state index in [0.29, 0.717) is 82.0 Å².